The number of para-hydroxylation sites is 1. The van der Waals surface area contributed by atoms with Crippen LogP contribution in [-0.2, 0) is 9.59 Å². The Kier molecular flexibility index (Phi) is 6.77. The van der Waals surface area contributed by atoms with E-state index in [4.69, 9.17) is 0 Å². The Hall–Kier alpha value is -2.83. The number of hydrogen-bond donors (Lipinski definition) is 3. The first-order valence-corrected chi connectivity index (χ1v) is 8.23. The minimum atomic E-state index is -2.16. The summed E-state index contributed by atoms with van der Waals surface area (Å²) in [4.78, 5) is 34.8. The molecule has 1 heterocycles. The minimum Gasteiger partial charge on any atom is -0.380 e. The predicted octanol–water partition coefficient (Wildman–Crippen LogP) is -0.0943. The van der Waals surface area contributed by atoms with Gasteiger partial charge in [0.1, 0.15) is 6.07 Å². The van der Waals surface area contributed by atoms with E-state index < -0.39 is 24.0 Å². The predicted molar refractivity (Wildman–Crippen MR) is 91.9 cm³/mol. The fourth-order valence-electron chi connectivity index (χ4n) is 2.90. The van der Waals surface area contributed by atoms with E-state index in [2.05, 4.69) is 16.3 Å². The van der Waals surface area contributed by atoms with E-state index >= 15 is 0 Å². The molecule has 3 N–H and O–H groups in total. The van der Waals surface area contributed by atoms with Crippen LogP contribution < -0.4 is 10.2 Å². The number of carbonyl (C=O) groups excluding carboxylic acids is 2. The van der Waals surface area contributed by atoms with Gasteiger partial charge >= 0.3 is 5.91 Å². The zero-order chi connectivity index (χ0) is 19.1. The number of nitrogens with one attached hydrogen (secondary N) is 1. The second-order valence-electron chi connectivity index (χ2n) is 6.12. The van der Waals surface area contributed by atoms with Gasteiger partial charge in [-0.05, 0) is 30.9 Å². The van der Waals surface area contributed by atoms with Crippen LogP contribution in [0.15, 0.2) is 29.4 Å². The average Bonchev–Trinajstić information content (AvgIpc) is 2.70. The molecule has 9 nitrogen and oxygen atoms in total. The maximum Gasteiger partial charge on any atom is 0.317 e. The van der Waals surface area contributed by atoms with Crippen molar-refractivity contribution in [2.45, 2.75) is 25.0 Å². The van der Waals surface area contributed by atoms with E-state index in [1.54, 1.807) is 6.07 Å². The number of nitrogens with zero attached hydrogens (tertiary/aromatic N) is 3. The maximum atomic E-state index is 11.8. The number of rotatable bonds is 6. The van der Waals surface area contributed by atoms with Crippen LogP contribution in [0.1, 0.15) is 18.4 Å². The molecule has 26 heavy (non-hydrogen) atoms. The highest BCUT2D eigenvalue weighted by Gasteiger charge is 2.31. The number of aliphatic hydroxyl groups excluding tert-OH is 2. The quantitative estimate of drug-likeness (QED) is 0.601. The molecule has 2 unspecified atom stereocenters. The second kappa shape index (κ2) is 9.03. The highest BCUT2D eigenvalue weighted by Crippen LogP contribution is 2.25. The van der Waals surface area contributed by atoms with E-state index in [-0.39, 0.29) is 12.5 Å². The molecular formula is C17H20N4O5. The van der Waals surface area contributed by atoms with Crippen molar-refractivity contribution >= 4 is 17.5 Å². The van der Waals surface area contributed by atoms with Crippen LogP contribution >= 0.6 is 0 Å². The summed E-state index contributed by atoms with van der Waals surface area (Å²) >= 11 is 0. The van der Waals surface area contributed by atoms with E-state index in [0.29, 0.717) is 5.56 Å². The largest absolute Gasteiger partial charge is 0.380 e. The van der Waals surface area contributed by atoms with E-state index in [1.807, 2.05) is 23.4 Å². The molecule has 1 aromatic carbocycles. The standard InChI is InChI=1S/C17H20N4O5/c18-9-12-3-1-2-4-13(12)21-7-5-11(6-8-21)10-19-16(24)14(22)15(23)17(25)20-26/h1-4,11,14-15,22-23H,5-8,10H2,(H,19,24). The highest BCUT2D eigenvalue weighted by atomic mass is 16.4. The molecule has 2 atom stereocenters. The van der Waals surface area contributed by atoms with Gasteiger partial charge < -0.3 is 20.4 Å². The normalized spacial score (nSPS) is 17.0. The number of hydrogen-bond acceptors (Lipinski definition) is 7. The van der Waals surface area contributed by atoms with Crippen molar-refractivity contribution in [3.8, 4) is 6.07 Å². The SMILES string of the molecule is N#Cc1ccccc1N1CCC(CNC(=O)C(O)C(O)C(=O)N=O)CC1. The summed E-state index contributed by atoms with van der Waals surface area (Å²) in [5, 5.41) is 32.5. The summed E-state index contributed by atoms with van der Waals surface area (Å²) in [6.45, 7) is 1.72. The third kappa shape index (κ3) is 4.62. The molecule has 1 saturated heterocycles. The summed E-state index contributed by atoms with van der Waals surface area (Å²) in [6.07, 6.45) is -2.64. The molecule has 1 fully saturated rings. The Balaban J connectivity index is 1.82. The zero-order valence-corrected chi connectivity index (χ0v) is 14.0. The summed E-state index contributed by atoms with van der Waals surface area (Å²) in [5.74, 6) is -2.25. The van der Waals surface area contributed by atoms with Crippen molar-refractivity contribution < 1.29 is 19.8 Å². The van der Waals surface area contributed by atoms with Gasteiger partial charge in [-0.2, -0.15) is 5.26 Å². The van der Waals surface area contributed by atoms with Crippen LogP contribution in [0.25, 0.3) is 0 Å². The third-order valence-corrected chi connectivity index (χ3v) is 4.46. The Morgan fingerprint density at radius 2 is 1.92 bits per heavy atom. The third-order valence-electron chi connectivity index (χ3n) is 4.46. The lowest BCUT2D eigenvalue weighted by Crippen LogP contribution is -2.47. The Bertz CT molecular complexity index is 709. The van der Waals surface area contributed by atoms with Gasteiger partial charge in [0, 0.05) is 24.8 Å². The number of piperidine rings is 1. The van der Waals surface area contributed by atoms with Crippen molar-refractivity contribution in [3.05, 3.63) is 34.7 Å². The highest BCUT2D eigenvalue weighted by molar-refractivity contribution is 5.90. The van der Waals surface area contributed by atoms with Crippen molar-refractivity contribution in [2.24, 2.45) is 11.1 Å². The summed E-state index contributed by atoms with van der Waals surface area (Å²) in [7, 11) is 0. The van der Waals surface area contributed by atoms with Gasteiger partial charge in [0.15, 0.2) is 12.2 Å². The molecule has 0 spiro atoms. The van der Waals surface area contributed by atoms with Crippen LogP contribution in [0.3, 0.4) is 0 Å². The van der Waals surface area contributed by atoms with Crippen molar-refractivity contribution in [3.63, 3.8) is 0 Å². The molecule has 1 aromatic rings. The first-order chi connectivity index (χ1) is 12.5. The monoisotopic (exact) mass is 360 g/mol. The molecule has 0 bridgehead atoms. The van der Waals surface area contributed by atoms with Crippen LogP contribution in [0, 0.1) is 22.2 Å². The molecule has 9 heteroatoms. The molecule has 2 amide bonds. The number of benzene rings is 1. The topological polar surface area (TPSA) is 143 Å². The lowest BCUT2D eigenvalue weighted by atomic mass is 9.95. The lowest BCUT2D eigenvalue weighted by molar-refractivity contribution is -0.144. The molecular weight excluding hydrogens is 340 g/mol. The fraction of sp³-hybridized carbons (Fsp3) is 0.471. The van der Waals surface area contributed by atoms with Crippen molar-refractivity contribution in [1.29, 1.82) is 5.26 Å². The molecule has 0 radical (unpaired) electrons. The molecule has 138 valence electrons. The Morgan fingerprint density at radius 3 is 2.54 bits per heavy atom. The first-order valence-electron chi connectivity index (χ1n) is 8.23. The molecule has 1 aliphatic rings. The molecule has 0 aliphatic carbocycles. The maximum absolute atomic E-state index is 11.8. The minimum absolute atomic E-state index is 0.161. The lowest BCUT2D eigenvalue weighted by Gasteiger charge is -2.34. The average molecular weight is 360 g/mol. The van der Waals surface area contributed by atoms with Crippen molar-refractivity contribution in [1.82, 2.24) is 5.32 Å². The van der Waals surface area contributed by atoms with Gasteiger partial charge in [-0.15, -0.1) is 4.91 Å². The van der Waals surface area contributed by atoms with Crippen LogP contribution in [-0.4, -0.2) is 53.9 Å². The van der Waals surface area contributed by atoms with E-state index in [1.165, 1.54) is 0 Å². The first kappa shape index (κ1) is 19.5. The number of nitriles is 1. The van der Waals surface area contributed by atoms with E-state index in [9.17, 15) is 30.0 Å². The number of nitroso groups, excluding NO2 is 1. The van der Waals surface area contributed by atoms with Crippen LogP contribution in [0.4, 0.5) is 5.69 Å². The number of carbonyl (C=O) groups is 2. The number of anilines is 1. The summed E-state index contributed by atoms with van der Waals surface area (Å²) in [5.41, 5.74) is 1.50. The van der Waals surface area contributed by atoms with Gasteiger partial charge in [-0.3, -0.25) is 9.59 Å². The van der Waals surface area contributed by atoms with Crippen LogP contribution in [0.2, 0.25) is 0 Å². The number of amides is 2. The molecule has 0 saturated carbocycles. The zero-order valence-electron chi connectivity index (χ0n) is 14.0. The van der Waals surface area contributed by atoms with Gasteiger partial charge in [0.2, 0.25) is 0 Å². The van der Waals surface area contributed by atoms with Crippen LogP contribution in [0.5, 0.6) is 0 Å². The second-order valence-corrected chi connectivity index (χ2v) is 6.12. The fourth-order valence-corrected chi connectivity index (χ4v) is 2.90. The van der Waals surface area contributed by atoms with E-state index in [0.717, 1.165) is 31.6 Å². The number of aliphatic hydroxyl groups is 2. The van der Waals surface area contributed by atoms with Gasteiger partial charge in [-0.1, -0.05) is 12.1 Å². The molecule has 1 aliphatic heterocycles. The summed E-state index contributed by atoms with van der Waals surface area (Å²) < 4.78 is 0. The van der Waals surface area contributed by atoms with Gasteiger partial charge in [-0.25, -0.2) is 0 Å². The Morgan fingerprint density at radius 1 is 1.27 bits per heavy atom. The molecule has 2 rings (SSSR count). The smallest absolute Gasteiger partial charge is 0.317 e. The van der Waals surface area contributed by atoms with Gasteiger partial charge in [0.05, 0.1) is 11.3 Å². The Labute approximate surface area is 150 Å². The summed E-state index contributed by atoms with van der Waals surface area (Å²) in [6, 6.07) is 9.53. The van der Waals surface area contributed by atoms with Crippen molar-refractivity contribution in [2.75, 3.05) is 24.5 Å². The van der Waals surface area contributed by atoms with Gasteiger partial charge in [0.25, 0.3) is 5.91 Å². The molecule has 0 aromatic heterocycles.